The number of halogens is 1. The minimum Gasteiger partial charge on any atom is -0.324 e. The van der Waals surface area contributed by atoms with Crippen LogP contribution in [0.4, 0.5) is 5.69 Å². The molecular formula is C24H19ClN2O3. The van der Waals surface area contributed by atoms with Gasteiger partial charge in [-0.1, -0.05) is 60.1 Å². The van der Waals surface area contributed by atoms with Crippen LogP contribution in [-0.4, -0.2) is 24.0 Å². The molecule has 1 aliphatic carbocycles. The van der Waals surface area contributed by atoms with E-state index in [-0.39, 0.29) is 35.6 Å². The van der Waals surface area contributed by atoms with Gasteiger partial charge >= 0.3 is 0 Å². The van der Waals surface area contributed by atoms with E-state index in [1.54, 1.807) is 54.6 Å². The van der Waals surface area contributed by atoms with E-state index in [1.165, 1.54) is 0 Å². The van der Waals surface area contributed by atoms with Crippen LogP contribution < -0.4 is 10.6 Å². The molecule has 3 aromatic rings. The molecule has 150 valence electrons. The van der Waals surface area contributed by atoms with Crippen molar-refractivity contribution in [2.45, 2.75) is 13.0 Å². The number of hydrogen-bond acceptors (Lipinski definition) is 4. The lowest BCUT2D eigenvalue weighted by Crippen LogP contribution is -2.31. The van der Waals surface area contributed by atoms with Gasteiger partial charge in [-0.25, -0.2) is 0 Å². The van der Waals surface area contributed by atoms with Crippen LogP contribution in [0.5, 0.6) is 0 Å². The van der Waals surface area contributed by atoms with Gasteiger partial charge in [0.25, 0.3) is 0 Å². The smallest absolute Gasteiger partial charge is 0.238 e. The summed E-state index contributed by atoms with van der Waals surface area (Å²) in [6.45, 7) is 1.99. The summed E-state index contributed by atoms with van der Waals surface area (Å²) in [7, 11) is 0. The molecule has 1 aliphatic rings. The Kier molecular flexibility index (Phi) is 5.48. The molecule has 3 aromatic carbocycles. The van der Waals surface area contributed by atoms with E-state index in [2.05, 4.69) is 10.6 Å². The Morgan fingerprint density at radius 1 is 0.867 bits per heavy atom. The van der Waals surface area contributed by atoms with E-state index in [0.29, 0.717) is 27.4 Å². The molecule has 30 heavy (non-hydrogen) atoms. The highest BCUT2D eigenvalue weighted by atomic mass is 35.5. The number of nitrogens with one attached hydrogen (secondary N) is 2. The first-order chi connectivity index (χ1) is 14.5. The van der Waals surface area contributed by atoms with Gasteiger partial charge in [0.2, 0.25) is 5.91 Å². The molecule has 0 saturated heterocycles. The normalized spacial score (nSPS) is 13.4. The van der Waals surface area contributed by atoms with Gasteiger partial charge in [-0.3, -0.25) is 14.4 Å². The molecule has 0 radical (unpaired) electrons. The fourth-order valence-corrected chi connectivity index (χ4v) is 3.68. The number of hydrogen-bond donors (Lipinski definition) is 2. The monoisotopic (exact) mass is 418 g/mol. The summed E-state index contributed by atoms with van der Waals surface area (Å²) in [6.07, 6.45) is 0. The average molecular weight is 419 g/mol. The van der Waals surface area contributed by atoms with Crippen molar-refractivity contribution in [3.8, 4) is 0 Å². The zero-order chi connectivity index (χ0) is 21.3. The van der Waals surface area contributed by atoms with Crippen LogP contribution in [0.3, 0.4) is 0 Å². The van der Waals surface area contributed by atoms with Crippen LogP contribution in [0, 0.1) is 0 Å². The molecule has 0 aromatic heterocycles. The van der Waals surface area contributed by atoms with Gasteiger partial charge in [-0.2, -0.15) is 0 Å². The van der Waals surface area contributed by atoms with Gasteiger partial charge in [0.15, 0.2) is 11.6 Å². The molecule has 1 atom stereocenters. The SMILES string of the molecule is C[C@H](NCC(=O)Nc1cccc2c1C(=O)c1ccccc1C2=O)c1ccc(Cl)cc1. The van der Waals surface area contributed by atoms with Crippen LogP contribution in [0.2, 0.25) is 5.02 Å². The Morgan fingerprint density at radius 2 is 1.50 bits per heavy atom. The van der Waals surface area contributed by atoms with Crippen molar-refractivity contribution in [3.05, 3.63) is 99.6 Å². The van der Waals surface area contributed by atoms with E-state index in [1.807, 2.05) is 19.1 Å². The van der Waals surface area contributed by atoms with Crippen LogP contribution in [0.25, 0.3) is 0 Å². The predicted molar refractivity (Wildman–Crippen MR) is 116 cm³/mol. The third kappa shape index (κ3) is 3.77. The van der Waals surface area contributed by atoms with E-state index in [0.717, 1.165) is 5.56 Å². The van der Waals surface area contributed by atoms with Crippen molar-refractivity contribution in [2.75, 3.05) is 11.9 Å². The van der Waals surface area contributed by atoms with Crippen LogP contribution in [0.15, 0.2) is 66.7 Å². The molecule has 0 spiro atoms. The maximum absolute atomic E-state index is 13.0. The summed E-state index contributed by atoms with van der Waals surface area (Å²) in [6, 6.07) is 19.0. The van der Waals surface area contributed by atoms with Crippen molar-refractivity contribution in [3.63, 3.8) is 0 Å². The molecule has 6 heteroatoms. The summed E-state index contributed by atoms with van der Waals surface area (Å²) < 4.78 is 0. The molecule has 0 saturated carbocycles. The molecule has 0 bridgehead atoms. The van der Waals surface area contributed by atoms with Crippen LogP contribution in [0.1, 0.15) is 50.4 Å². The highest BCUT2D eigenvalue weighted by Gasteiger charge is 2.31. The van der Waals surface area contributed by atoms with Crippen molar-refractivity contribution < 1.29 is 14.4 Å². The first-order valence-corrected chi connectivity index (χ1v) is 9.93. The molecule has 2 N–H and O–H groups in total. The number of benzene rings is 3. The largest absolute Gasteiger partial charge is 0.324 e. The maximum Gasteiger partial charge on any atom is 0.238 e. The zero-order valence-electron chi connectivity index (χ0n) is 16.2. The van der Waals surface area contributed by atoms with Gasteiger partial charge < -0.3 is 10.6 Å². The summed E-state index contributed by atoms with van der Waals surface area (Å²) >= 11 is 5.91. The van der Waals surface area contributed by atoms with E-state index >= 15 is 0 Å². The minimum atomic E-state index is -0.302. The van der Waals surface area contributed by atoms with E-state index in [9.17, 15) is 14.4 Å². The quantitative estimate of drug-likeness (QED) is 0.503. The second-order valence-corrected chi connectivity index (χ2v) is 7.57. The Balaban J connectivity index is 1.51. The second-order valence-electron chi connectivity index (χ2n) is 7.13. The van der Waals surface area contributed by atoms with Crippen LogP contribution in [-0.2, 0) is 4.79 Å². The fourth-order valence-electron chi connectivity index (χ4n) is 3.56. The van der Waals surface area contributed by atoms with Crippen molar-refractivity contribution in [1.29, 1.82) is 0 Å². The minimum absolute atomic E-state index is 0.0478. The maximum atomic E-state index is 13.0. The second kappa shape index (κ2) is 8.22. The summed E-state index contributed by atoms with van der Waals surface area (Å²) in [5.41, 5.74) is 2.62. The number of ketones is 2. The first-order valence-electron chi connectivity index (χ1n) is 9.56. The Hall–Kier alpha value is -3.28. The van der Waals surface area contributed by atoms with Gasteiger partial charge in [0.1, 0.15) is 0 Å². The van der Waals surface area contributed by atoms with E-state index < -0.39 is 0 Å². The molecule has 0 heterocycles. The number of carbonyl (C=O) groups excluding carboxylic acids is 3. The number of fused-ring (bicyclic) bond motifs is 2. The lowest BCUT2D eigenvalue weighted by atomic mass is 9.83. The number of rotatable bonds is 5. The predicted octanol–water partition coefficient (Wildman–Crippen LogP) is 4.40. The molecule has 4 rings (SSSR count). The molecule has 0 fully saturated rings. The molecule has 1 amide bonds. The van der Waals surface area contributed by atoms with Gasteiger partial charge in [-0.05, 0) is 30.7 Å². The zero-order valence-corrected chi connectivity index (χ0v) is 17.0. The summed E-state index contributed by atoms with van der Waals surface area (Å²) in [5, 5.41) is 6.57. The van der Waals surface area contributed by atoms with Gasteiger partial charge in [0, 0.05) is 27.8 Å². The Morgan fingerprint density at radius 3 is 2.20 bits per heavy atom. The molecular weight excluding hydrogens is 400 g/mol. The van der Waals surface area contributed by atoms with Gasteiger partial charge in [-0.15, -0.1) is 0 Å². The highest BCUT2D eigenvalue weighted by Crippen LogP contribution is 2.31. The Labute approximate surface area is 179 Å². The molecule has 5 nitrogen and oxygen atoms in total. The number of amides is 1. The van der Waals surface area contributed by atoms with Crippen molar-refractivity contribution in [1.82, 2.24) is 5.32 Å². The van der Waals surface area contributed by atoms with Crippen molar-refractivity contribution >= 4 is 34.8 Å². The average Bonchev–Trinajstić information content (AvgIpc) is 2.76. The lowest BCUT2D eigenvalue weighted by molar-refractivity contribution is -0.115. The van der Waals surface area contributed by atoms with Crippen LogP contribution >= 0.6 is 11.6 Å². The first kappa shape index (κ1) is 20.0. The van der Waals surface area contributed by atoms with Gasteiger partial charge in [0.05, 0.1) is 17.8 Å². The third-order valence-corrected chi connectivity index (χ3v) is 5.42. The highest BCUT2D eigenvalue weighted by molar-refractivity contribution is 6.31. The summed E-state index contributed by atoms with van der Waals surface area (Å²) in [4.78, 5) is 38.3. The fraction of sp³-hybridized carbons (Fsp3) is 0.125. The van der Waals surface area contributed by atoms with Crippen molar-refractivity contribution in [2.24, 2.45) is 0 Å². The third-order valence-electron chi connectivity index (χ3n) is 5.17. The van der Waals surface area contributed by atoms with E-state index in [4.69, 9.17) is 11.6 Å². The Bertz CT molecular complexity index is 1160. The molecule has 0 unspecified atom stereocenters. The summed E-state index contributed by atoms with van der Waals surface area (Å²) in [5.74, 6) is -0.785. The standard InChI is InChI=1S/C24H19ClN2O3/c1-14(15-9-11-16(25)12-10-15)26-13-21(28)27-20-8-4-7-19-22(20)24(30)18-6-3-2-5-17(18)23(19)29/h2-12,14,26H,13H2,1H3,(H,27,28)/t14-/m0/s1. The molecule has 0 aliphatic heterocycles. The number of carbonyl (C=O) groups is 3. The topological polar surface area (TPSA) is 75.3 Å². The lowest BCUT2D eigenvalue weighted by Gasteiger charge is -2.20. The number of anilines is 1.